The number of hydrogen-bond donors (Lipinski definition) is 2. The fourth-order valence-electron chi connectivity index (χ4n) is 2.69. The van der Waals surface area contributed by atoms with Gasteiger partial charge in [-0.15, -0.1) is 0 Å². The first kappa shape index (κ1) is 21.0. The summed E-state index contributed by atoms with van der Waals surface area (Å²) in [5.41, 5.74) is 3.56. The number of nitrogens with zero attached hydrogens (tertiary/aromatic N) is 2. The van der Waals surface area contributed by atoms with Crippen molar-refractivity contribution < 1.29 is 22.7 Å². The van der Waals surface area contributed by atoms with Gasteiger partial charge in [0.2, 0.25) is 0 Å². The van der Waals surface area contributed by atoms with E-state index in [9.17, 15) is 22.8 Å². The molecular weight excluding hydrogens is 401 g/mol. The molecule has 0 aliphatic carbocycles. The van der Waals surface area contributed by atoms with E-state index in [1.807, 2.05) is 13.8 Å². The van der Waals surface area contributed by atoms with Crippen molar-refractivity contribution >= 4 is 5.91 Å². The second-order valence-electron chi connectivity index (χ2n) is 6.53. The Kier molecular flexibility index (Phi) is 5.59. The summed E-state index contributed by atoms with van der Waals surface area (Å²) in [7, 11) is 0. The number of aromatic amines is 1. The first-order chi connectivity index (χ1) is 14.1. The number of rotatable bonds is 5. The second kappa shape index (κ2) is 7.97. The normalized spacial score (nSPS) is 11.4. The molecule has 1 amide bonds. The summed E-state index contributed by atoms with van der Waals surface area (Å²) in [5, 5.41) is 0. The van der Waals surface area contributed by atoms with E-state index in [0.29, 0.717) is 11.6 Å². The van der Waals surface area contributed by atoms with Crippen LogP contribution in [0.5, 0.6) is 5.75 Å². The van der Waals surface area contributed by atoms with Crippen LogP contribution in [-0.2, 0) is 12.8 Å². The number of halogens is 3. The molecule has 7 nitrogen and oxygen atoms in total. The lowest BCUT2D eigenvalue weighted by Gasteiger charge is -2.14. The Morgan fingerprint density at radius 2 is 1.87 bits per heavy atom. The van der Waals surface area contributed by atoms with Crippen LogP contribution in [0.15, 0.2) is 41.3 Å². The Hall–Kier alpha value is -3.69. The summed E-state index contributed by atoms with van der Waals surface area (Å²) in [6, 6.07) is 6.52. The summed E-state index contributed by atoms with van der Waals surface area (Å²) >= 11 is 0. The number of carbonyl (C=O) groups is 1. The van der Waals surface area contributed by atoms with E-state index >= 15 is 0 Å². The number of nitrogens with one attached hydrogen (secondary N) is 1. The zero-order valence-corrected chi connectivity index (χ0v) is 16.0. The molecule has 0 aliphatic rings. The molecule has 0 aliphatic heterocycles. The smallest absolute Gasteiger partial charge is 0.431 e. The lowest BCUT2D eigenvalue weighted by atomic mass is 10.0. The van der Waals surface area contributed by atoms with E-state index < -0.39 is 28.9 Å². The van der Waals surface area contributed by atoms with Gasteiger partial charge in [0.25, 0.3) is 11.5 Å². The molecule has 3 aromatic rings. The monoisotopic (exact) mass is 418 g/mol. The molecule has 2 aromatic heterocycles. The molecule has 0 saturated heterocycles. The summed E-state index contributed by atoms with van der Waals surface area (Å²) in [6.07, 6.45) is -3.16. The van der Waals surface area contributed by atoms with Crippen molar-refractivity contribution in [3.63, 3.8) is 0 Å². The van der Waals surface area contributed by atoms with Gasteiger partial charge in [-0.1, -0.05) is 12.1 Å². The van der Waals surface area contributed by atoms with Gasteiger partial charge < -0.3 is 15.5 Å². The average Bonchev–Trinajstić information content (AvgIpc) is 2.68. The van der Waals surface area contributed by atoms with Crippen LogP contribution in [0, 0.1) is 13.8 Å². The highest BCUT2D eigenvalue weighted by atomic mass is 19.4. The quantitative estimate of drug-likeness (QED) is 0.661. The Balaban J connectivity index is 1.90. The summed E-state index contributed by atoms with van der Waals surface area (Å²) in [5.74, 6) is -0.276. The highest BCUT2D eigenvalue weighted by molar-refractivity contribution is 5.94. The van der Waals surface area contributed by atoms with Crippen LogP contribution in [0.4, 0.5) is 13.2 Å². The van der Waals surface area contributed by atoms with Crippen LogP contribution in [0.25, 0.3) is 11.1 Å². The molecule has 156 valence electrons. The Labute approximate surface area is 168 Å². The van der Waals surface area contributed by atoms with Crippen molar-refractivity contribution in [2.24, 2.45) is 5.73 Å². The topological polar surface area (TPSA) is 111 Å². The van der Waals surface area contributed by atoms with E-state index in [4.69, 9.17) is 10.5 Å². The highest BCUT2D eigenvalue weighted by Crippen LogP contribution is 2.35. The summed E-state index contributed by atoms with van der Waals surface area (Å²) in [4.78, 5) is 33.3. The molecule has 3 N–H and O–H groups in total. The van der Waals surface area contributed by atoms with E-state index in [0.717, 1.165) is 17.3 Å². The minimum Gasteiger partial charge on any atom is -0.486 e. The van der Waals surface area contributed by atoms with Crippen molar-refractivity contribution in [1.29, 1.82) is 0 Å². The highest BCUT2D eigenvalue weighted by Gasteiger charge is 2.36. The number of pyridine rings is 1. The number of amides is 1. The molecule has 2 heterocycles. The largest absolute Gasteiger partial charge is 0.486 e. The van der Waals surface area contributed by atoms with Crippen molar-refractivity contribution in [3.05, 3.63) is 75.2 Å². The number of hydrogen-bond acceptors (Lipinski definition) is 5. The zero-order valence-electron chi connectivity index (χ0n) is 16.0. The van der Waals surface area contributed by atoms with Gasteiger partial charge in [0, 0.05) is 17.5 Å². The van der Waals surface area contributed by atoms with E-state index in [-0.39, 0.29) is 17.7 Å². The van der Waals surface area contributed by atoms with Crippen LogP contribution in [0.3, 0.4) is 0 Å². The number of benzene rings is 1. The van der Waals surface area contributed by atoms with Crippen molar-refractivity contribution in [2.45, 2.75) is 26.6 Å². The molecule has 0 fully saturated rings. The number of H-pyrrole nitrogens is 1. The van der Waals surface area contributed by atoms with Gasteiger partial charge in [-0.25, -0.2) is 9.97 Å². The number of aromatic nitrogens is 3. The molecular formula is C20H17F3N4O3. The molecule has 0 unspecified atom stereocenters. The number of primary amides is 1. The Bertz CT molecular complexity index is 1160. The fraction of sp³-hybridized carbons (Fsp3) is 0.200. The van der Waals surface area contributed by atoms with Gasteiger partial charge in [0.05, 0.1) is 0 Å². The Morgan fingerprint density at radius 1 is 1.20 bits per heavy atom. The molecule has 10 heteroatoms. The van der Waals surface area contributed by atoms with Crippen LogP contribution in [0.1, 0.15) is 33.1 Å². The van der Waals surface area contributed by atoms with Crippen LogP contribution >= 0.6 is 0 Å². The van der Waals surface area contributed by atoms with E-state index in [1.54, 1.807) is 11.2 Å². The van der Waals surface area contributed by atoms with Crippen LogP contribution in [-0.4, -0.2) is 20.9 Å². The zero-order chi connectivity index (χ0) is 22.1. The van der Waals surface area contributed by atoms with Crippen molar-refractivity contribution in [2.75, 3.05) is 0 Å². The maximum Gasteiger partial charge on any atom is 0.431 e. The number of ether oxygens (including phenoxy) is 1. The van der Waals surface area contributed by atoms with Gasteiger partial charge in [-0.2, -0.15) is 13.2 Å². The number of carbonyl (C=O) groups excluding carboxylic acids is 1. The van der Waals surface area contributed by atoms with Gasteiger partial charge in [0.15, 0.2) is 5.82 Å². The fourth-order valence-corrected chi connectivity index (χ4v) is 2.69. The third kappa shape index (κ3) is 4.48. The van der Waals surface area contributed by atoms with Crippen molar-refractivity contribution in [3.8, 4) is 16.9 Å². The van der Waals surface area contributed by atoms with E-state index in [1.165, 1.54) is 24.3 Å². The number of aryl methyl sites for hydroxylation is 2. The molecule has 0 atom stereocenters. The first-order valence-corrected chi connectivity index (χ1v) is 8.73. The SMILES string of the molecule is Cc1cnc(COc2ccc(-c3cc(C(N)=O)c(=O)[nH]c3C(F)(F)F)cc2)nc1C. The minimum absolute atomic E-state index is 0.0821. The van der Waals surface area contributed by atoms with Gasteiger partial charge in [-0.3, -0.25) is 9.59 Å². The molecule has 1 aromatic carbocycles. The van der Waals surface area contributed by atoms with Gasteiger partial charge in [-0.05, 0) is 43.2 Å². The lowest BCUT2D eigenvalue weighted by molar-refractivity contribution is -0.140. The van der Waals surface area contributed by atoms with Crippen molar-refractivity contribution in [1.82, 2.24) is 15.0 Å². The predicted octanol–water partition coefficient (Wildman–Crippen LogP) is 3.15. The standard InChI is InChI=1S/C20H17F3N4O3/c1-10-8-25-16(26-11(10)2)9-30-13-5-3-12(4-6-13)14-7-15(18(24)28)19(29)27-17(14)20(21,22)23/h3-8H,9H2,1-2H3,(H2,24,28)(H,27,29). The van der Waals surface area contributed by atoms with Gasteiger partial charge >= 0.3 is 6.18 Å². The van der Waals surface area contributed by atoms with Crippen LogP contribution < -0.4 is 16.0 Å². The second-order valence-corrected chi connectivity index (χ2v) is 6.53. The first-order valence-electron chi connectivity index (χ1n) is 8.73. The molecule has 0 bridgehead atoms. The average molecular weight is 418 g/mol. The van der Waals surface area contributed by atoms with Gasteiger partial charge in [0.1, 0.15) is 23.6 Å². The summed E-state index contributed by atoms with van der Waals surface area (Å²) < 4.78 is 45.7. The number of nitrogens with two attached hydrogens (primary N) is 1. The third-order valence-corrected chi connectivity index (χ3v) is 4.40. The molecule has 0 radical (unpaired) electrons. The maximum absolute atomic E-state index is 13.4. The third-order valence-electron chi connectivity index (χ3n) is 4.40. The van der Waals surface area contributed by atoms with Crippen LogP contribution in [0.2, 0.25) is 0 Å². The lowest BCUT2D eigenvalue weighted by Crippen LogP contribution is -2.27. The number of alkyl halides is 3. The predicted molar refractivity (Wildman–Crippen MR) is 102 cm³/mol. The minimum atomic E-state index is -4.83. The molecule has 30 heavy (non-hydrogen) atoms. The Morgan fingerprint density at radius 3 is 2.43 bits per heavy atom. The molecule has 3 rings (SSSR count). The molecule has 0 saturated carbocycles. The summed E-state index contributed by atoms with van der Waals surface area (Å²) in [6.45, 7) is 3.81. The molecule has 0 spiro atoms. The maximum atomic E-state index is 13.4. The van der Waals surface area contributed by atoms with E-state index in [2.05, 4.69) is 9.97 Å².